The first-order chi connectivity index (χ1) is 18.5. The van der Waals surface area contributed by atoms with Crippen LogP contribution in [0.25, 0.3) is 5.76 Å². The van der Waals surface area contributed by atoms with Gasteiger partial charge in [-0.3, -0.25) is 14.6 Å². The third-order valence-corrected chi connectivity index (χ3v) is 6.32. The molecular weight excluding hydrogens is 484 g/mol. The fourth-order valence-electron chi connectivity index (χ4n) is 4.43. The predicted octanol–water partition coefficient (Wildman–Crippen LogP) is 5.29. The molecule has 2 aromatic carbocycles. The lowest BCUT2D eigenvalue weighted by Gasteiger charge is -2.26. The number of aromatic nitrogens is 1. The zero-order chi connectivity index (χ0) is 27.1. The monoisotopic (exact) mass is 516 g/mol. The Morgan fingerprint density at radius 1 is 1.00 bits per heavy atom. The molecule has 1 aliphatic rings. The molecule has 8 heteroatoms. The van der Waals surface area contributed by atoms with Crippen LogP contribution in [0.3, 0.4) is 0 Å². The number of ketones is 1. The maximum Gasteiger partial charge on any atom is 0.295 e. The van der Waals surface area contributed by atoms with Gasteiger partial charge in [-0.2, -0.15) is 0 Å². The van der Waals surface area contributed by atoms with E-state index in [-0.39, 0.29) is 17.9 Å². The summed E-state index contributed by atoms with van der Waals surface area (Å²) >= 11 is 0. The number of aliphatic hydroxyl groups is 1. The molecule has 8 nitrogen and oxygen atoms in total. The largest absolute Gasteiger partial charge is 0.507 e. The van der Waals surface area contributed by atoms with Crippen LogP contribution in [0.5, 0.6) is 17.2 Å². The lowest BCUT2D eigenvalue weighted by Crippen LogP contribution is -2.29. The summed E-state index contributed by atoms with van der Waals surface area (Å²) in [6.45, 7) is 5.10. The van der Waals surface area contributed by atoms with Gasteiger partial charge in [0.1, 0.15) is 11.5 Å². The van der Waals surface area contributed by atoms with E-state index in [1.54, 1.807) is 67.0 Å². The van der Waals surface area contributed by atoms with E-state index in [2.05, 4.69) is 11.9 Å². The molecule has 1 amide bonds. The molecule has 0 spiro atoms. The highest BCUT2D eigenvalue weighted by Crippen LogP contribution is 2.43. The topological polar surface area (TPSA) is 98.2 Å². The molecule has 4 rings (SSSR count). The van der Waals surface area contributed by atoms with Crippen molar-refractivity contribution in [3.63, 3.8) is 0 Å². The van der Waals surface area contributed by atoms with E-state index in [9.17, 15) is 14.7 Å². The second-order valence-electron chi connectivity index (χ2n) is 8.86. The summed E-state index contributed by atoms with van der Waals surface area (Å²) in [7, 11) is 1.53. The first kappa shape index (κ1) is 26.7. The first-order valence-corrected chi connectivity index (χ1v) is 12.7. The van der Waals surface area contributed by atoms with E-state index in [1.807, 2.05) is 6.92 Å². The van der Waals surface area contributed by atoms with E-state index in [0.717, 1.165) is 18.4 Å². The third-order valence-electron chi connectivity index (χ3n) is 6.32. The number of carbonyl (C=O) groups is 2. The summed E-state index contributed by atoms with van der Waals surface area (Å²) < 4.78 is 17.0. The number of rotatable bonds is 11. The molecule has 1 aromatic heterocycles. The highest BCUT2D eigenvalue weighted by Gasteiger charge is 2.46. The molecule has 1 N–H and O–H groups in total. The molecule has 1 unspecified atom stereocenters. The number of unbranched alkanes of at least 4 members (excludes halogenated alkanes) is 1. The lowest BCUT2D eigenvalue weighted by atomic mass is 9.94. The van der Waals surface area contributed by atoms with Gasteiger partial charge in [0.2, 0.25) is 0 Å². The standard InChI is InChI=1S/C30H32N2O6/c1-4-6-16-38-23-9-7-8-22(17-23)28(33)26-27(21-10-11-24(37-5-2)25(18-21)36-3)32(30(35)29(26)34)19-20-12-14-31-15-13-20/h7-15,17-18,27,33H,4-6,16,19H2,1-3H3/b28-26+. The maximum atomic E-state index is 13.4. The molecule has 198 valence electrons. The number of pyridine rings is 1. The Balaban J connectivity index is 1.82. The number of nitrogens with zero attached hydrogens (tertiary/aromatic N) is 2. The van der Waals surface area contributed by atoms with Crippen LogP contribution < -0.4 is 14.2 Å². The van der Waals surface area contributed by atoms with Gasteiger partial charge >= 0.3 is 0 Å². The van der Waals surface area contributed by atoms with Crippen molar-refractivity contribution in [2.24, 2.45) is 0 Å². The summed E-state index contributed by atoms with van der Waals surface area (Å²) in [5.41, 5.74) is 1.80. The number of aliphatic hydroxyl groups excluding tert-OH is 1. The van der Waals surface area contributed by atoms with E-state index in [4.69, 9.17) is 14.2 Å². The fourth-order valence-corrected chi connectivity index (χ4v) is 4.43. The van der Waals surface area contributed by atoms with Crippen molar-refractivity contribution in [2.75, 3.05) is 20.3 Å². The highest BCUT2D eigenvalue weighted by molar-refractivity contribution is 6.46. The van der Waals surface area contributed by atoms with Crippen molar-refractivity contribution < 1.29 is 28.9 Å². The molecule has 0 aliphatic carbocycles. The summed E-state index contributed by atoms with van der Waals surface area (Å²) in [5.74, 6) is -0.137. The Morgan fingerprint density at radius 2 is 1.79 bits per heavy atom. The van der Waals surface area contributed by atoms with Gasteiger partial charge in [0.25, 0.3) is 11.7 Å². The van der Waals surface area contributed by atoms with Gasteiger partial charge in [-0.25, -0.2) is 0 Å². The molecule has 2 heterocycles. The number of benzene rings is 2. The predicted molar refractivity (Wildman–Crippen MR) is 143 cm³/mol. The van der Waals surface area contributed by atoms with Crippen LogP contribution in [0.2, 0.25) is 0 Å². The fraction of sp³-hybridized carbons (Fsp3) is 0.300. The third kappa shape index (κ3) is 5.64. The maximum absolute atomic E-state index is 13.4. The van der Waals surface area contributed by atoms with Crippen molar-refractivity contribution in [3.8, 4) is 17.2 Å². The quantitative estimate of drug-likeness (QED) is 0.160. The molecular formula is C30H32N2O6. The second-order valence-corrected chi connectivity index (χ2v) is 8.86. The SMILES string of the molecule is CCCCOc1cccc(/C(O)=C2\C(=O)C(=O)N(Cc3ccncc3)C2c2ccc(OCC)c(OC)c2)c1. The van der Waals surface area contributed by atoms with E-state index in [1.165, 1.54) is 12.0 Å². The molecule has 3 aromatic rings. The number of ether oxygens (including phenoxy) is 3. The summed E-state index contributed by atoms with van der Waals surface area (Å²) in [5, 5.41) is 11.4. The summed E-state index contributed by atoms with van der Waals surface area (Å²) in [6, 6.07) is 14.9. The van der Waals surface area contributed by atoms with Crippen molar-refractivity contribution in [1.29, 1.82) is 0 Å². The van der Waals surface area contributed by atoms with Gasteiger partial charge in [-0.05, 0) is 60.9 Å². The Labute approximate surface area is 222 Å². The van der Waals surface area contributed by atoms with Crippen LogP contribution in [0.4, 0.5) is 0 Å². The normalized spacial score (nSPS) is 16.5. The molecule has 1 aliphatic heterocycles. The minimum Gasteiger partial charge on any atom is -0.507 e. The lowest BCUT2D eigenvalue weighted by molar-refractivity contribution is -0.140. The average molecular weight is 517 g/mol. The second kappa shape index (κ2) is 12.3. The Morgan fingerprint density at radius 3 is 2.50 bits per heavy atom. The van der Waals surface area contributed by atoms with Crippen LogP contribution in [0, 0.1) is 0 Å². The van der Waals surface area contributed by atoms with Crippen molar-refractivity contribution in [3.05, 3.63) is 89.3 Å². The highest BCUT2D eigenvalue weighted by atomic mass is 16.5. The molecule has 1 atom stereocenters. The van der Waals surface area contributed by atoms with Gasteiger partial charge in [-0.1, -0.05) is 31.5 Å². The molecule has 0 saturated carbocycles. The molecule has 1 fully saturated rings. The van der Waals surface area contributed by atoms with Gasteiger partial charge in [-0.15, -0.1) is 0 Å². The van der Waals surface area contributed by atoms with Crippen LogP contribution >= 0.6 is 0 Å². The number of hydrogen-bond acceptors (Lipinski definition) is 7. The van der Waals surface area contributed by atoms with Gasteiger partial charge in [0.15, 0.2) is 11.5 Å². The minimum absolute atomic E-state index is 0.000905. The van der Waals surface area contributed by atoms with Gasteiger partial charge in [0.05, 0.1) is 31.9 Å². The van der Waals surface area contributed by atoms with Crippen molar-refractivity contribution >= 4 is 17.4 Å². The van der Waals surface area contributed by atoms with E-state index in [0.29, 0.717) is 41.6 Å². The van der Waals surface area contributed by atoms with Gasteiger partial charge < -0.3 is 24.2 Å². The zero-order valence-electron chi connectivity index (χ0n) is 21.8. The minimum atomic E-state index is -0.850. The number of hydrogen-bond donors (Lipinski definition) is 1. The number of methoxy groups -OCH3 is 1. The average Bonchev–Trinajstić information content (AvgIpc) is 3.19. The zero-order valence-corrected chi connectivity index (χ0v) is 21.8. The molecule has 0 radical (unpaired) electrons. The molecule has 1 saturated heterocycles. The van der Waals surface area contributed by atoms with Crippen LogP contribution in [-0.2, 0) is 16.1 Å². The Hall–Kier alpha value is -4.33. The number of amides is 1. The van der Waals surface area contributed by atoms with E-state index >= 15 is 0 Å². The summed E-state index contributed by atoms with van der Waals surface area (Å²) in [4.78, 5) is 32.3. The number of Topliss-reactive ketones (excluding diaryl/α,β-unsaturated/α-hetero) is 1. The number of carbonyl (C=O) groups excluding carboxylic acids is 2. The molecule has 0 bridgehead atoms. The Kier molecular flexibility index (Phi) is 8.63. The number of likely N-dealkylation sites (tertiary alicyclic amines) is 1. The van der Waals surface area contributed by atoms with Crippen LogP contribution in [-0.4, -0.2) is 47.0 Å². The van der Waals surface area contributed by atoms with Crippen LogP contribution in [0.1, 0.15) is 49.4 Å². The van der Waals surface area contributed by atoms with E-state index < -0.39 is 17.7 Å². The van der Waals surface area contributed by atoms with Crippen molar-refractivity contribution in [1.82, 2.24) is 9.88 Å². The summed E-state index contributed by atoms with van der Waals surface area (Å²) in [6.07, 6.45) is 5.15. The van der Waals surface area contributed by atoms with Crippen LogP contribution in [0.15, 0.2) is 72.6 Å². The Bertz CT molecular complexity index is 1320. The first-order valence-electron chi connectivity index (χ1n) is 12.7. The molecule has 38 heavy (non-hydrogen) atoms. The smallest absolute Gasteiger partial charge is 0.295 e. The van der Waals surface area contributed by atoms with Crippen molar-refractivity contribution in [2.45, 2.75) is 39.3 Å². The van der Waals surface area contributed by atoms with Gasteiger partial charge in [0, 0.05) is 24.5 Å².